The van der Waals surface area contributed by atoms with E-state index in [1.807, 2.05) is 30.3 Å². The van der Waals surface area contributed by atoms with Gasteiger partial charge in [-0.15, -0.1) is 0 Å². The molecule has 6 nitrogen and oxygen atoms in total. The van der Waals surface area contributed by atoms with E-state index < -0.39 is 12.0 Å². The first-order valence-corrected chi connectivity index (χ1v) is 7.18. The number of nitrogens with zero attached hydrogens (tertiary/aromatic N) is 2. The number of aromatic nitrogens is 2. The molecule has 1 aliphatic rings. The number of carbonyl (C=O) groups is 2. The van der Waals surface area contributed by atoms with Crippen LogP contribution in [-0.2, 0) is 14.3 Å². The molecule has 6 heteroatoms. The van der Waals surface area contributed by atoms with Gasteiger partial charge in [0.1, 0.15) is 6.04 Å². The van der Waals surface area contributed by atoms with Gasteiger partial charge in [0.05, 0.1) is 25.2 Å². The topological polar surface area (TPSA) is 70.4 Å². The summed E-state index contributed by atoms with van der Waals surface area (Å²) in [5.41, 5.74) is 1.61. The van der Waals surface area contributed by atoms with Crippen molar-refractivity contribution in [1.29, 1.82) is 0 Å². The Morgan fingerprint density at radius 1 is 1.41 bits per heavy atom. The van der Waals surface area contributed by atoms with E-state index >= 15 is 0 Å². The first kappa shape index (κ1) is 14.3. The minimum atomic E-state index is -0.494. The molecule has 0 N–H and O–H groups in total. The molecule has 1 atom stereocenters. The second-order valence-electron chi connectivity index (χ2n) is 4.91. The van der Waals surface area contributed by atoms with Crippen LogP contribution in [0.4, 0.5) is 0 Å². The van der Waals surface area contributed by atoms with Gasteiger partial charge in [0, 0.05) is 12.0 Å². The molecule has 1 aliphatic heterocycles. The van der Waals surface area contributed by atoms with Gasteiger partial charge < -0.3 is 14.0 Å². The van der Waals surface area contributed by atoms with Crippen LogP contribution in [0.5, 0.6) is 0 Å². The Morgan fingerprint density at radius 3 is 2.82 bits per heavy atom. The molecule has 2 heterocycles. The number of hydrogen-bond donors (Lipinski definition) is 0. The molecule has 1 saturated heterocycles. The lowest BCUT2D eigenvalue weighted by Gasteiger charge is -2.13. The SMILES string of the molecule is CCOC(=O)c1ncn(C2CCOC2=O)c1-c1ccccc1. The Balaban J connectivity index is 2.11. The fourth-order valence-corrected chi connectivity index (χ4v) is 2.57. The summed E-state index contributed by atoms with van der Waals surface area (Å²) in [7, 11) is 0. The zero-order chi connectivity index (χ0) is 15.5. The van der Waals surface area contributed by atoms with E-state index in [0.29, 0.717) is 18.7 Å². The smallest absolute Gasteiger partial charge is 0.359 e. The number of rotatable bonds is 4. The Morgan fingerprint density at radius 2 is 2.18 bits per heavy atom. The van der Waals surface area contributed by atoms with Gasteiger partial charge in [-0.05, 0) is 6.92 Å². The standard InChI is InChI=1S/C16H16N2O4/c1-2-21-16(20)13-14(11-6-4-3-5-7-11)18(10-17-13)12-8-9-22-15(12)19/h3-7,10,12H,2,8-9H2,1H3. The molecule has 0 aliphatic carbocycles. The number of benzene rings is 1. The first-order valence-electron chi connectivity index (χ1n) is 7.18. The number of esters is 2. The van der Waals surface area contributed by atoms with E-state index in [4.69, 9.17) is 9.47 Å². The average molecular weight is 300 g/mol. The van der Waals surface area contributed by atoms with E-state index in [9.17, 15) is 9.59 Å². The summed E-state index contributed by atoms with van der Waals surface area (Å²) in [6.45, 7) is 2.39. The molecule has 1 aromatic heterocycles. The van der Waals surface area contributed by atoms with Crippen LogP contribution in [0.15, 0.2) is 36.7 Å². The molecular formula is C16H16N2O4. The largest absolute Gasteiger partial charge is 0.464 e. The minimum Gasteiger partial charge on any atom is -0.464 e. The molecule has 0 amide bonds. The first-order chi connectivity index (χ1) is 10.7. The third kappa shape index (κ3) is 2.47. The highest BCUT2D eigenvalue weighted by Crippen LogP contribution is 2.30. The quantitative estimate of drug-likeness (QED) is 0.810. The molecule has 2 aromatic rings. The Labute approximate surface area is 127 Å². The van der Waals surface area contributed by atoms with Gasteiger partial charge in [0.15, 0.2) is 5.69 Å². The predicted octanol–water partition coefficient (Wildman–Crippen LogP) is 2.21. The highest BCUT2D eigenvalue weighted by Gasteiger charge is 2.32. The lowest BCUT2D eigenvalue weighted by molar-refractivity contribution is -0.140. The van der Waals surface area contributed by atoms with E-state index in [1.54, 1.807) is 11.5 Å². The fourth-order valence-electron chi connectivity index (χ4n) is 2.57. The number of ether oxygens (including phenoxy) is 2. The number of carbonyl (C=O) groups excluding carboxylic acids is 2. The summed E-state index contributed by atoms with van der Waals surface area (Å²) < 4.78 is 11.8. The van der Waals surface area contributed by atoms with Crippen molar-refractivity contribution in [3.05, 3.63) is 42.4 Å². The Kier molecular flexibility index (Phi) is 3.91. The molecule has 3 rings (SSSR count). The molecule has 1 fully saturated rings. The van der Waals surface area contributed by atoms with E-state index in [1.165, 1.54) is 6.33 Å². The van der Waals surface area contributed by atoms with Crippen molar-refractivity contribution in [3.8, 4) is 11.3 Å². The van der Waals surface area contributed by atoms with Crippen LogP contribution in [0.1, 0.15) is 29.9 Å². The molecule has 22 heavy (non-hydrogen) atoms. The normalized spacial score (nSPS) is 17.3. The molecule has 1 aromatic carbocycles. The van der Waals surface area contributed by atoms with Crippen molar-refractivity contribution >= 4 is 11.9 Å². The van der Waals surface area contributed by atoms with Crippen molar-refractivity contribution in [3.63, 3.8) is 0 Å². The zero-order valence-electron chi connectivity index (χ0n) is 12.2. The van der Waals surface area contributed by atoms with Crippen LogP contribution in [0.25, 0.3) is 11.3 Å². The number of hydrogen-bond acceptors (Lipinski definition) is 5. The fraction of sp³-hybridized carbons (Fsp3) is 0.312. The number of cyclic esters (lactones) is 1. The van der Waals surface area contributed by atoms with Crippen LogP contribution in [0.2, 0.25) is 0 Å². The van der Waals surface area contributed by atoms with Gasteiger partial charge in [0.2, 0.25) is 0 Å². The summed E-state index contributed by atoms with van der Waals surface area (Å²) in [6.07, 6.45) is 2.07. The molecular weight excluding hydrogens is 284 g/mol. The summed E-state index contributed by atoms with van der Waals surface area (Å²) in [4.78, 5) is 28.2. The highest BCUT2D eigenvalue weighted by atomic mass is 16.5. The Bertz CT molecular complexity index is 693. The van der Waals surface area contributed by atoms with Gasteiger partial charge in [-0.3, -0.25) is 0 Å². The minimum absolute atomic E-state index is 0.216. The van der Waals surface area contributed by atoms with Crippen LogP contribution in [0, 0.1) is 0 Å². The van der Waals surface area contributed by atoms with Crippen molar-refractivity contribution in [2.75, 3.05) is 13.2 Å². The second kappa shape index (κ2) is 6.01. The molecule has 0 bridgehead atoms. The van der Waals surface area contributed by atoms with E-state index in [2.05, 4.69) is 4.98 Å². The van der Waals surface area contributed by atoms with Crippen molar-refractivity contribution in [2.45, 2.75) is 19.4 Å². The third-order valence-corrected chi connectivity index (χ3v) is 3.55. The predicted molar refractivity (Wildman–Crippen MR) is 78.2 cm³/mol. The van der Waals surface area contributed by atoms with Crippen molar-refractivity contribution in [2.24, 2.45) is 0 Å². The van der Waals surface area contributed by atoms with E-state index in [0.717, 1.165) is 5.56 Å². The summed E-state index contributed by atoms with van der Waals surface area (Å²) in [5, 5.41) is 0. The number of imidazole rings is 1. The second-order valence-corrected chi connectivity index (χ2v) is 4.91. The van der Waals surface area contributed by atoms with E-state index in [-0.39, 0.29) is 18.3 Å². The average Bonchev–Trinajstić information content (AvgIpc) is 3.14. The van der Waals surface area contributed by atoms with Gasteiger partial charge >= 0.3 is 11.9 Å². The summed E-state index contributed by atoms with van der Waals surface area (Å²) in [5.74, 6) is -0.795. The highest BCUT2D eigenvalue weighted by molar-refractivity contribution is 5.95. The van der Waals surface area contributed by atoms with Crippen LogP contribution >= 0.6 is 0 Å². The summed E-state index contributed by atoms with van der Waals surface area (Å²) in [6, 6.07) is 8.92. The van der Waals surface area contributed by atoms with Crippen LogP contribution in [-0.4, -0.2) is 34.7 Å². The zero-order valence-corrected chi connectivity index (χ0v) is 12.2. The molecule has 0 saturated carbocycles. The van der Waals surface area contributed by atoms with Crippen LogP contribution < -0.4 is 0 Å². The van der Waals surface area contributed by atoms with Crippen LogP contribution in [0.3, 0.4) is 0 Å². The Hall–Kier alpha value is -2.63. The summed E-state index contributed by atoms with van der Waals surface area (Å²) >= 11 is 0. The van der Waals surface area contributed by atoms with Crippen molar-refractivity contribution < 1.29 is 19.1 Å². The van der Waals surface area contributed by atoms with Gasteiger partial charge in [0.25, 0.3) is 0 Å². The van der Waals surface area contributed by atoms with Gasteiger partial charge in [-0.1, -0.05) is 30.3 Å². The maximum absolute atomic E-state index is 12.1. The van der Waals surface area contributed by atoms with Crippen molar-refractivity contribution in [1.82, 2.24) is 9.55 Å². The monoisotopic (exact) mass is 300 g/mol. The lowest BCUT2D eigenvalue weighted by Crippen LogP contribution is -2.15. The third-order valence-electron chi connectivity index (χ3n) is 3.55. The maximum Gasteiger partial charge on any atom is 0.359 e. The molecule has 1 unspecified atom stereocenters. The maximum atomic E-state index is 12.1. The van der Waals surface area contributed by atoms with Gasteiger partial charge in [-0.25, -0.2) is 14.6 Å². The molecule has 0 radical (unpaired) electrons. The molecule has 114 valence electrons. The van der Waals surface area contributed by atoms with Gasteiger partial charge in [-0.2, -0.15) is 0 Å². The molecule has 0 spiro atoms. The lowest BCUT2D eigenvalue weighted by atomic mass is 10.1.